The second-order valence-corrected chi connectivity index (χ2v) is 11.6. The molecule has 1 aliphatic heterocycles. The maximum Gasteiger partial charge on any atom is 0.313 e. The molecule has 0 fully saturated rings. The lowest BCUT2D eigenvalue weighted by Gasteiger charge is -2.31. The van der Waals surface area contributed by atoms with E-state index < -0.39 is 5.92 Å². The lowest BCUT2D eigenvalue weighted by molar-refractivity contribution is -0.148. The van der Waals surface area contributed by atoms with E-state index >= 15 is 0 Å². The number of carbonyl (C=O) groups excluding carboxylic acids is 4. The number of nitrogens with one attached hydrogen (secondary N) is 3. The van der Waals surface area contributed by atoms with Crippen LogP contribution >= 0.6 is 0 Å². The van der Waals surface area contributed by atoms with Gasteiger partial charge < -0.3 is 20.1 Å². The number of allylic oxidation sites excluding steroid dienone is 5. The van der Waals surface area contributed by atoms with E-state index in [1.807, 2.05) is 39.0 Å². The Kier molecular flexibility index (Phi) is 12.7. The molecular weight excluding hydrogens is 558 g/mol. The Bertz CT molecular complexity index is 1370. The second kappa shape index (κ2) is 16.2. The molecule has 0 spiro atoms. The maximum atomic E-state index is 13.7. The fourth-order valence-electron chi connectivity index (χ4n) is 5.74. The van der Waals surface area contributed by atoms with Crippen molar-refractivity contribution in [2.24, 2.45) is 17.8 Å². The van der Waals surface area contributed by atoms with Crippen LogP contribution in [0.5, 0.6) is 5.75 Å². The van der Waals surface area contributed by atoms with Crippen LogP contribution in [0.2, 0.25) is 0 Å². The van der Waals surface area contributed by atoms with Crippen molar-refractivity contribution < 1.29 is 28.7 Å². The van der Waals surface area contributed by atoms with Gasteiger partial charge in [-0.3, -0.25) is 24.5 Å². The molecule has 1 heterocycles. The van der Waals surface area contributed by atoms with Gasteiger partial charge in [0, 0.05) is 18.0 Å². The summed E-state index contributed by atoms with van der Waals surface area (Å²) >= 11 is 0. The van der Waals surface area contributed by atoms with Gasteiger partial charge in [0.25, 0.3) is 0 Å². The van der Waals surface area contributed by atoms with Gasteiger partial charge in [-0.25, -0.2) is 0 Å². The van der Waals surface area contributed by atoms with Crippen LogP contribution < -0.4 is 20.7 Å². The van der Waals surface area contributed by atoms with Crippen LogP contribution in [0, 0.1) is 24.7 Å². The third-order valence-electron chi connectivity index (χ3n) is 8.63. The van der Waals surface area contributed by atoms with Crippen molar-refractivity contribution in [2.75, 3.05) is 33.0 Å². The molecule has 2 amide bonds. The molecule has 2 aliphatic rings. The quantitative estimate of drug-likeness (QED) is 0.138. The lowest BCUT2D eigenvalue weighted by Crippen LogP contribution is -2.40. The molecule has 1 aromatic carbocycles. The molecule has 0 saturated carbocycles. The molecule has 9 heteroatoms. The van der Waals surface area contributed by atoms with Gasteiger partial charge in [0.15, 0.2) is 5.78 Å². The first-order chi connectivity index (χ1) is 21.0. The summed E-state index contributed by atoms with van der Waals surface area (Å²) in [7, 11) is 0. The smallest absolute Gasteiger partial charge is 0.313 e. The zero-order valence-electron chi connectivity index (χ0n) is 26.9. The fraction of sp³-hybridized carbons (Fsp3) is 0.486. The number of hydrogen-bond acceptors (Lipinski definition) is 7. The molecule has 1 aliphatic carbocycles. The SMILES string of the molecule is C=C1/C(=C(/CC)c2cc(OCCNCNC(=O)CNC=O)ccc2C)CC(C)C(C)C(=O)C2=C(/C=C/1C)[C@@H](CC)C(=O)OC2. The highest BCUT2D eigenvalue weighted by Crippen LogP contribution is 2.40. The number of amides is 2. The topological polar surface area (TPSA) is 123 Å². The second-order valence-electron chi connectivity index (χ2n) is 11.6. The van der Waals surface area contributed by atoms with Gasteiger partial charge in [0.1, 0.15) is 19.0 Å². The van der Waals surface area contributed by atoms with E-state index in [-0.39, 0.29) is 49.3 Å². The number of esters is 1. The number of aryl methyl sites for hydroxylation is 1. The zero-order valence-corrected chi connectivity index (χ0v) is 26.9. The third-order valence-corrected chi connectivity index (χ3v) is 8.63. The number of cyclic esters (lactones) is 1. The summed E-state index contributed by atoms with van der Waals surface area (Å²) in [6.07, 6.45) is 4.47. The zero-order chi connectivity index (χ0) is 32.4. The van der Waals surface area contributed by atoms with Gasteiger partial charge in [-0.2, -0.15) is 0 Å². The van der Waals surface area contributed by atoms with E-state index in [1.165, 1.54) is 0 Å². The Balaban J connectivity index is 1.91. The largest absolute Gasteiger partial charge is 0.492 e. The Morgan fingerprint density at radius 2 is 1.93 bits per heavy atom. The molecule has 3 rings (SSSR count). The first kappa shape index (κ1) is 34.5. The van der Waals surface area contributed by atoms with Gasteiger partial charge in [0.05, 0.1) is 19.1 Å². The van der Waals surface area contributed by atoms with E-state index in [4.69, 9.17) is 9.47 Å². The Labute approximate surface area is 261 Å². The minimum atomic E-state index is -0.466. The van der Waals surface area contributed by atoms with Crippen molar-refractivity contribution >= 4 is 29.6 Å². The Morgan fingerprint density at radius 1 is 1.18 bits per heavy atom. The lowest BCUT2D eigenvalue weighted by atomic mass is 9.75. The first-order valence-electron chi connectivity index (χ1n) is 15.5. The van der Waals surface area contributed by atoms with Crippen molar-refractivity contribution in [1.82, 2.24) is 16.0 Å². The summed E-state index contributed by atoms with van der Waals surface area (Å²) in [5.41, 5.74) is 7.69. The van der Waals surface area contributed by atoms with Gasteiger partial charge in [-0.1, -0.05) is 46.4 Å². The summed E-state index contributed by atoms with van der Waals surface area (Å²) in [6, 6.07) is 6.05. The molecule has 44 heavy (non-hydrogen) atoms. The van der Waals surface area contributed by atoms with Gasteiger partial charge in [-0.05, 0) is 90.2 Å². The third kappa shape index (κ3) is 8.34. The van der Waals surface area contributed by atoms with Crippen molar-refractivity contribution in [3.05, 3.63) is 69.8 Å². The monoisotopic (exact) mass is 605 g/mol. The van der Waals surface area contributed by atoms with Crippen LogP contribution in [0.3, 0.4) is 0 Å². The van der Waals surface area contributed by atoms with E-state index in [2.05, 4.69) is 49.4 Å². The first-order valence-corrected chi connectivity index (χ1v) is 15.5. The van der Waals surface area contributed by atoms with Gasteiger partial charge in [0.2, 0.25) is 12.3 Å². The van der Waals surface area contributed by atoms with Crippen LogP contribution in [-0.4, -0.2) is 57.0 Å². The summed E-state index contributed by atoms with van der Waals surface area (Å²) in [4.78, 5) is 48.3. The molecule has 0 saturated heterocycles. The number of Topliss-reactive ketones (excluding diaryl/α,β-unsaturated/α-hetero) is 1. The normalized spacial score (nSPS) is 23.2. The highest BCUT2D eigenvalue weighted by atomic mass is 16.5. The van der Waals surface area contributed by atoms with Crippen molar-refractivity contribution in [2.45, 2.75) is 60.8 Å². The average Bonchev–Trinajstić information content (AvgIpc) is 3.01. The standard InChI is InChI=1S/C35H47N3O6/c1-8-27(29-16-26(11-10-21(29)3)43-13-12-36-19-38-33(40)17-37-20-39)30-14-23(5)25(7)34(41)32-18-44-35(42)28(9-2)31(32)15-22(4)24(30)6/h10-11,15-16,20,23,25,28,36H,6,8-9,12-14,17-19H2,1-5,7H3,(H,37,39)(H,38,40)/b22-15+,30-27-/t23?,25?,28-/m1/s1. The summed E-state index contributed by atoms with van der Waals surface area (Å²) in [5.74, 6) is -0.469. The summed E-state index contributed by atoms with van der Waals surface area (Å²) in [6.45, 7) is 17.9. The molecule has 0 radical (unpaired) electrons. The molecule has 3 atom stereocenters. The number of ether oxygens (including phenoxy) is 2. The number of carbonyl (C=O) groups is 4. The number of hydrogen-bond donors (Lipinski definition) is 3. The maximum absolute atomic E-state index is 13.7. The molecular formula is C35H47N3O6. The van der Waals surface area contributed by atoms with Crippen molar-refractivity contribution in [3.8, 4) is 5.75 Å². The van der Waals surface area contributed by atoms with Crippen LogP contribution in [0.4, 0.5) is 0 Å². The van der Waals surface area contributed by atoms with Crippen LogP contribution in [-0.2, 0) is 23.9 Å². The molecule has 9 nitrogen and oxygen atoms in total. The molecule has 238 valence electrons. The number of ketones is 1. The van der Waals surface area contributed by atoms with E-state index in [9.17, 15) is 19.2 Å². The molecule has 0 aromatic heterocycles. The van der Waals surface area contributed by atoms with E-state index in [0.717, 1.165) is 51.2 Å². The molecule has 3 N–H and O–H groups in total. The fourth-order valence-corrected chi connectivity index (χ4v) is 5.74. The van der Waals surface area contributed by atoms with Gasteiger partial charge in [-0.15, -0.1) is 0 Å². The van der Waals surface area contributed by atoms with Crippen molar-refractivity contribution in [3.63, 3.8) is 0 Å². The highest BCUT2D eigenvalue weighted by molar-refractivity contribution is 6.01. The van der Waals surface area contributed by atoms with Crippen LogP contribution in [0.15, 0.2) is 58.7 Å². The summed E-state index contributed by atoms with van der Waals surface area (Å²) in [5, 5.41) is 8.07. The minimum absolute atomic E-state index is 0.0226. The Morgan fingerprint density at radius 3 is 2.61 bits per heavy atom. The van der Waals surface area contributed by atoms with Crippen LogP contribution in [0.1, 0.15) is 65.0 Å². The number of rotatable bonds is 12. The molecule has 0 bridgehead atoms. The van der Waals surface area contributed by atoms with Crippen LogP contribution in [0.25, 0.3) is 5.57 Å². The molecule has 1 aromatic rings. The van der Waals surface area contributed by atoms with Gasteiger partial charge >= 0.3 is 5.97 Å². The Hall–Kier alpha value is -3.98. The summed E-state index contributed by atoms with van der Waals surface area (Å²) < 4.78 is 11.5. The predicted octanol–water partition coefficient (Wildman–Crippen LogP) is 4.57. The molecule has 2 unspecified atom stereocenters. The number of benzene rings is 1. The minimum Gasteiger partial charge on any atom is -0.492 e. The highest BCUT2D eigenvalue weighted by Gasteiger charge is 2.36. The van der Waals surface area contributed by atoms with Crippen molar-refractivity contribution in [1.29, 1.82) is 0 Å². The average molecular weight is 606 g/mol. The van der Waals surface area contributed by atoms with E-state index in [0.29, 0.717) is 38.0 Å². The van der Waals surface area contributed by atoms with E-state index in [1.54, 1.807) is 0 Å². The predicted molar refractivity (Wildman–Crippen MR) is 172 cm³/mol.